The molecule has 13 heteroatoms. The minimum absolute atomic E-state index is 0.0353. The number of nitrogens with zero attached hydrogens (tertiary/aromatic N) is 1. The first-order chi connectivity index (χ1) is 19.8. The maximum absolute atomic E-state index is 14.5. The summed E-state index contributed by atoms with van der Waals surface area (Å²) in [4.78, 5) is 6.90. The molecule has 0 fully saturated rings. The van der Waals surface area contributed by atoms with Gasteiger partial charge in [-0.25, -0.2) is 13.8 Å². The molecular formula is C29H19F8N3O2. The molecule has 0 saturated heterocycles. The van der Waals surface area contributed by atoms with Crippen LogP contribution in [0.4, 0.5) is 41.1 Å². The Kier molecular flexibility index (Phi) is 7.43. The molecule has 0 amide bonds. The summed E-state index contributed by atoms with van der Waals surface area (Å²) in [6, 6.07) is 19.9. The average Bonchev–Trinajstić information content (AvgIpc) is 3.30. The van der Waals surface area contributed by atoms with Crippen LogP contribution in [0.25, 0.3) is 11.0 Å². The van der Waals surface area contributed by atoms with Crippen molar-refractivity contribution in [2.75, 3.05) is 5.32 Å². The Morgan fingerprint density at radius 2 is 1.26 bits per heavy atom. The molecule has 2 N–H and O–H groups in total. The van der Waals surface area contributed by atoms with Crippen molar-refractivity contribution in [3.8, 4) is 11.5 Å². The number of halogens is 8. The van der Waals surface area contributed by atoms with Crippen molar-refractivity contribution >= 4 is 17.0 Å². The SMILES string of the molecule is Fc1cc(F)c2nc(NC(Cc3ccccc3)(c3cccc(OC(F)(F)F)c3)c3cccc(OC(F)(F)F)c3)[nH]c2c1. The summed E-state index contributed by atoms with van der Waals surface area (Å²) < 4.78 is 116. The van der Waals surface area contributed by atoms with Crippen LogP contribution in [0.3, 0.4) is 0 Å². The zero-order chi connectivity index (χ0) is 30.1. The predicted molar refractivity (Wildman–Crippen MR) is 137 cm³/mol. The molecule has 0 bridgehead atoms. The number of ether oxygens (including phenoxy) is 2. The van der Waals surface area contributed by atoms with E-state index in [1.54, 1.807) is 30.3 Å². The highest BCUT2D eigenvalue weighted by molar-refractivity contribution is 5.78. The summed E-state index contributed by atoms with van der Waals surface area (Å²) in [6.45, 7) is 0. The van der Waals surface area contributed by atoms with Gasteiger partial charge in [-0.3, -0.25) is 0 Å². The van der Waals surface area contributed by atoms with E-state index in [9.17, 15) is 35.1 Å². The van der Waals surface area contributed by atoms with Gasteiger partial charge in [0.05, 0.1) is 11.1 Å². The molecule has 42 heavy (non-hydrogen) atoms. The normalized spacial score (nSPS) is 12.4. The van der Waals surface area contributed by atoms with Crippen molar-refractivity contribution in [1.82, 2.24) is 9.97 Å². The molecule has 5 rings (SSSR count). The summed E-state index contributed by atoms with van der Waals surface area (Å²) in [5, 5.41) is 3.06. The number of fused-ring (bicyclic) bond motifs is 1. The molecule has 0 atom stereocenters. The lowest BCUT2D eigenvalue weighted by Gasteiger charge is -2.37. The molecule has 0 radical (unpaired) electrons. The van der Waals surface area contributed by atoms with Crippen LogP contribution in [0.15, 0.2) is 91.0 Å². The molecule has 0 aliphatic rings. The van der Waals surface area contributed by atoms with E-state index < -0.39 is 41.4 Å². The fourth-order valence-electron chi connectivity index (χ4n) is 4.68. The summed E-state index contributed by atoms with van der Waals surface area (Å²) in [5.41, 5.74) is -1.10. The van der Waals surface area contributed by atoms with Gasteiger partial charge >= 0.3 is 12.7 Å². The molecule has 1 aromatic heterocycles. The van der Waals surface area contributed by atoms with Gasteiger partial charge in [-0.05, 0) is 47.0 Å². The number of hydrogen-bond acceptors (Lipinski definition) is 4. The first kappa shape index (κ1) is 28.7. The van der Waals surface area contributed by atoms with Crippen LogP contribution in [-0.4, -0.2) is 22.7 Å². The van der Waals surface area contributed by atoms with Gasteiger partial charge in [0.15, 0.2) is 5.82 Å². The molecule has 218 valence electrons. The van der Waals surface area contributed by atoms with Crippen LogP contribution >= 0.6 is 0 Å². The zero-order valence-corrected chi connectivity index (χ0v) is 21.2. The van der Waals surface area contributed by atoms with Crippen molar-refractivity contribution < 1.29 is 44.6 Å². The van der Waals surface area contributed by atoms with E-state index in [1.165, 1.54) is 24.3 Å². The van der Waals surface area contributed by atoms with Gasteiger partial charge < -0.3 is 19.8 Å². The summed E-state index contributed by atoms with van der Waals surface area (Å²) in [7, 11) is 0. The number of rotatable bonds is 8. The van der Waals surface area contributed by atoms with Gasteiger partial charge in [-0.2, -0.15) is 0 Å². The van der Waals surface area contributed by atoms with E-state index in [0.29, 0.717) is 11.6 Å². The molecule has 5 aromatic rings. The lowest BCUT2D eigenvalue weighted by atomic mass is 9.77. The van der Waals surface area contributed by atoms with Crippen LogP contribution < -0.4 is 14.8 Å². The second-order valence-electron chi connectivity index (χ2n) is 9.21. The minimum atomic E-state index is -5.03. The van der Waals surface area contributed by atoms with E-state index in [0.717, 1.165) is 30.3 Å². The third-order valence-electron chi connectivity index (χ3n) is 6.27. The zero-order valence-electron chi connectivity index (χ0n) is 21.2. The Hall–Kier alpha value is -4.81. The molecule has 0 spiro atoms. The van der Waals surface area contributed by atoms with Crippen molar-refractivity contribution in [1.29, 1.82) is 0 Å². The number of aromatic amines is 1. The molecule has 4 aromatic carbocycles. The number of anilines is 1. The summed E-state index contributed by atoms with van der Waals surface area (Å²) in [5.74, 6) is -3.21. The second-order valence-corrected chi connectivity index (χ2v) is 9.21. The number of alkyl halides is 6. The smallest absolute Gasteiger partial charge is 0.406 e. The number of H-pyrrole nitrogens is 1. The number of aromatic nitrogens is 2. The molecule has 0 aliphatic heterocycles. The highest BCUT2D eigenvalue weighted by Crippen LogP contribution is 2.40. The standard InChI is InChI=1S/C29H19F8N3O2/c30-20-14-23(31)25-24(15-20)38-26(39-25)40-27(16-17-6-2-1-3-7-17,18-8-4-10-21(12-18)41-28(32,33)34)19-9-5-11-22(13-19)42-29(35,36)37/h1-15H,16H2,(H2,38,39,40). The number of nitrogens with one attached hydrogen (secondary N) is 2. The lowest BCUT2D eigenvalue weighted by Crippen LogP contribution is -2.39. The fourth-order valence-corrected chi connectivity index (χ4v) is 4.68. The Morgan fingerprint density at radius 3 is 1.81 bits per heavy atom. The third-order valence-corrected chi connectivity index (χ3v) is 6.27. The highest BCUT2D eigenvalue weighted by atomic mass is 19.4. The van der Waals surface area contributed by atoms with Crippen molar-refractivity contribution in [2.45, 2.75) is 24.7 Å². The third kappa shape index (κ3) is 6.56. The molecule has 0 unspecified atom stereocenters. The van der Waals surface area contributed by atoms with Gasteiger partial charge in [0.1, 0.15) is 22.8 Å². The van der Waals surface area contributed by atoms with Gasteiger partial charge in [0.25, 0.3) is 0 Å². The highest BCUT2D eigenvalue weighted by Gasteiger charge is 2.39. The molecule has 5 nitrogen and oxygen atoms in total. The van der Waals surface area contributed by atoms with Crippen LogP contribution in [0.5, 0.6) is 11.5 Å². The quantitative estimate of drug-likeness (QED) is 0.178. The van der Waals surface area contributed by atoms with Crippen LogP contribution in [0.1, 0.15) is 16.7 Å². The molecule has 1 heterocycles. The average molecular weight is 593 g/mol. The first-order valence-electron chi connectivity index (χ1n) is 12.2. The fraction of sp³-hybridized carbons (Fsp3) is 0.138. The first-order valence-corrected chi connectivity index (χ1v) is 12.2. The van der Waals surface area contributed by atoms with Gasteiger partial charge in [0.2, 0.25) is 5.95 Å². The van der Waals surface area contributed by atoms with Crippen molar-refractivity contribution in [3.63, 3.8) is 0 Å². The maximum Gasteiger partial charge on any atom is 0.573 e. The van der Waals surface area contributed by atoms with Crippen molar-refractivity contribution in [3.05, 3.63) is 119 Å². The number of hydrogen-bond donors (Lipinski definition) is 2. The largest absolute Gasteiger partial charge is 0.573 e. The summed E-state index contributed by atoms with van der Waals surface area (Å²) in [6.07, 6.45) is -10.1. The van der Waals surface area contributed by atoms with Gasteiger partial charge in [-0.1, -0.05) is 54.6 Å². The number of benzene rings is 4. The topological polar surface area (TPSA) is 59.2 Å². The monoisotopic (exact) mass is 593 g/mol. The Bertz CT molecular complexity index is 1640. The van der Waals surface area contributed by atoms with Crippen LogP contribution in [0.2, 0.25) is 0 Å². The van der Waals surface area contributed by atoms with Crippen LogP contribution in [0, 0.1) is 11.6 Å². The van der Waals surface area contributed by atoms with Crippen LogP contribution in [-0.2, 0) is 12.0 Å². The van der Waals surface area contributed by atoms with E-state index in [-0.39, 0.29) is 34.5 Å². The molecule has 0 aliphatic carbocycles. The minimum Gasteiger partial charge on any atom is -0.406 e. The molecule has 0 saturated carbocycles. The second kappa shape index (κ2) is 10.9. The van der Waals surface area contributed by atoms with Gasteiger partial charge in [-0.15, -0.1) is 26.3 Å². The van der Waals surface area contributed by atoms with E-state index in [1.807, 2.05) is 0 Å². The maximum atomic E-state index is 14.5. The molecular weight excluding hydrogens is 574 g/mol. The summed E-state index contributed by atoms with van der Waals surface area (Å²) >= 11 is 0. The van der Waals surface area contributed by atoms with Crippen molar-refractivity contribution in [2.24, 2.45) is 0 Å². The Labute approximate surface area is 232 Å². The predicted octanol–water partition coefficient (Wildman–Crippen LogP) is 8.24. The van der Waals surface area contributed by atoms with E-state index in [4.69, 9.17) is 0 Å². The van der Waals surface area contributed by atoms with Gasteiger partial charge in [0, 0.05) is 12.5 Å². The van der Waals surface area contributed by atoms with E-state index >= 15 is 0 Å². The van der Waals surface area contributed by atoms with E-state index in [2.05, 4.69) is 24.8 Å². The lowest BCUT2D eigenvalue weighted by molar-refractivity contribution is -0.275. The Morgan fingerprint density at radius 1 is 0.690 bits per heavy atom. The number of imidazole rings is 1. The Balaban J connectivity index is 1.75.